The van der Waals surface area contributed by atoms with Crippen LogP contribution in [0, 0.1) is 0 Å². The summed E-state index contributed by atoms with van der Waals surface area (Å²) in [6.07, 6.45) is 23.0. The summed E-state index contributed by atoms with van der Waals surface area (Å²) in [7, 11) is 0. The first-order valence-electron chi connectivity index (χ1n) is 17.2. The van der Waals surface area contributed by atoms with Crippen molar-refractivity contribution in [1.29, 1.82) is 0 Å². The highest BCUT2D eigenvalue weighted by Crippen LogP contribution is 2.18. The molecule has 5 atom stereocenters. The number of aliphatic hydroxyl groups excluding tert-OH is 1. The first-order chi connectivity index (χ1) is 19.7. The maximum Gasteiger partial charge on any atom is 0.302 e. The number of Topliss-reactive ketones (excluding diaryl/α,β-unsaturated/α-hetero) is 1. The number of hydrogen-bond donors (Lipinski definition) is 3. The van der Waals surface area contributed by atoms with Crippen LogP contribution in [0.4, 0.5) is 0 Å². The molecule has 5 N–H and O–H groups in total. The second kappa shape index (κ2) is 27.8. The molecule has 0 aliphatic rings. The van der Waals surface area contributed by atoms with Gasteiger partial charge < -0.3 is 26.0 Å². The molecule has 0 heterocycles. The van der Waals surface area contributed by atoms with Crippen molar-refractivity contribution in [2.75, 3.05) is 6.61 Å². The van der Waals surface area contributed by atoms with E-state index in [1.807, 2.05) is 13.8 Å². The molecule has 0 radical (unpaired) electrons. The summed E-state index contributed by atoms with van der Waals surface area (Å²) < 4.78 is 11.4. The van der Waals surface area contributed by atoms with Crippen molar-refractivity contribution in [2.45, 2.75) is 199 Å². The Hall–Kier alpha value is -1.02. The minimum absolute atomic E-state index is 0.0801. The van der Waals surface area contributed by atoms with Crippen molar-refractivity contribution in [3.8, 4) is 0 Å². The summed E-state index contributed by atoms with van der Waals surface area (Å²) in [5, 5.41) is 9.77. The lowest BCUT2D eigenvalue weighted by molar-refractivity contribution is -0.147. The van der Waals surface area contributed by atoms with Gasteiger partial charge in [0.2, 0.25) is 0 Å². The Bertz CT molecular complexity index is 614. The molecule has 0 aromatic heterocycles. The number of ketones is 1. The van der Waals surface area contributed by atoms with Crippen LogP contribution in [-0.4, -0.2) is 53.9 Å². The third-order valence-electron chi connectivity index (χ3n) is 8.04. The van der Waals surface area contributed by atoms with Crippen LogP contribution in [0.2, 0.25) is 0 Å². The minimum atomic E-state index is -0.399. The number of ether oxygens (including phenoxy) is 2. The highest BCUT2D eigenvalue weighted by atomic mass is 16.5. The minimum Gasteiger partial charge on any atom is -0.461 e. The molecule has 0 spiro atoms. The molecular weight excluding hydrogens is 516 g/mol. The molecular formula is C34H68N2O5. The van der Waals surface area contributed by atoms with Crippen LogP contribution in [-0.2, 0) is 19.1 Å². The van der Waals surface area contributed by atoms with Crippen molar-refractivity contribution in [3.63, 3.8) is 0 Å². The first kappa shape index (κ1) is 40.0. The standard InChI is InChI=1S/C34H68N2O5/c1-5-6-26-40-32(27-31(38)22-18-14-13-16-20-24-33(39)28(2)35)23-19-15-11-9-7-8-10-12-17-21-25-34(29(3)36)41-30(4)37/h28-29,32-34,39H,5-27,35-36H2,1-4H3. The second-order valence-electron chi connectivity index (χ2n) is 12.4. The zero-order valence-corrected chi connectivity index (χ0v) is 27.4. The van der Waals surface area contributed by atoms with Gasteiger partial charge in [-0.1, -0.05) is 96.8 Å². The van der Waals surface area contributed by atoms with Gasteiger partial charge in [0, 0.05) is 38.5 Å². The number of nitrogens with two attached hydrogens (primary N) is 2. The van der Waals surface area contributed by atoms with E-state index in [9.17, 15) is 14.7 Å². The Labute approximate surface area is 253 Å². The van der Waals surface area contributed by atoms with Gasteiger partial charge in [0.15, 0.2) is 0 Å². The topological polar surface area (TPSA) is 125 Å². The molecule has 5 unspecified atom stereocenters. The highest BCUT2D eigenvalue weighted by molar-refractivity contribution is 5.78. The smallest absolute Gasteiger partial charge is 0.302 e. The number of hydrogen-bond acceptors (Lipinski definition) is 7. The number of aliphatic hydroxyl groups is 1. The lowest BCUT2D eigenvalue weighted by atomic mass is 9.99. The van der Waals surface area contributed by atoms with Gasteiger partial charge in [-0.2, -0.15) is 0 Å². The lowest BCUT2D eigenvalue weighted by Gasteiger charge is -2.20. The molecule has 0 bridgehead atoms. The Balaban J connectivity index is 3.88. The van der Waals surface area contributed by atoms with Gasteiger partial charge in [-0.15, -0.1) is 0 Å². The molecule has 0 fully saturated rings. The fraction of sp³-hybridized carbons (Fsp3) is 0.941. The van der Waals surface area contributed by atoms with Crippen molar-refractivity contribution < 1.29 is 24.2 Å². The van der Waals surface area contributed by atoms with Gasteiger partial charge in [-0.3, -0.25) is 9.59 Å². The van der Waals surface area contributed by atoms with E-state index in [0.717, 1.165) is 83.7 Å². The second-order valence-corrected chi connectivity index (χ2v) is 12.4. The highest BCUT2D eigenvalue weighted by Gasteiger charge is 2.16. The zero-order chi connectivity index (χ0) is 30.7. The SMILES string of the molecule is CCCCOC(CCCCCCCCCCCCC(OC(C)=O)C(C)N)CC(=O)CCCCCCCC(O)C(C)N. The molecule has 0 aliphatic heterocycles. The predicted octanol–water partition coefficient (Wildman–Crippen LogP) is 7.53. The summed E-state index contributed by atoms with van der Waals surface area (Å²) in [5.41, 5.74) is 11.6. The summed E-state index contributed by atoms with van der Waals surface area (Å²) >= 11 is 0. The molecule has 0 amide bonds. The molecule has 244 valence electrons. The lowest BCUT2D eigenvalue weighted by Crippen LogP contribution is -2.35. The van der Waals surface area contributed by atoms with E-state index in [4.69, 9.17) is 20.9 Å². The third kappa shape index (κ3) is 26.3. The first-order valence-corrected chi connectivity index (χ1v) is 17.2. The van der Waals surface area contributed by atoms with Crippen molar-refractivity contribution in [3.05, 3.63) is 0 Å². The van der Waals surface area contributed by atoms with Gasteiger partial charge in [0.1, 0.15) is 11.9 Å². The summed E-state index contributed by atoms with van der Waals surface area (Å²) in [4.78, 5) is 23.8. The van der Waals surface area contributed by atoms with Crippen LogP contribution < -0.4 is 11.5 Å². The van der Waals surface area contributed by atoms with Crippen LogP contribution in [0.3, 0.4) is 0 Å². The molecule has 41 heavy (non-hydrogen) atoms. The van der Waals surface area contributed by atoms with E-state index in [2.05, 4.69) is 6.92 Å². The molecule has 0 aliphatic carbocycles. The number of unbranched alkanes of at least 4 members (excludes halogenated alkanes) is 14. The Morgan fingerprint density at radius 1 is 0.683 bits per heavy atom. The fourth-order valence-corrected chi connectivity index (χ4v) is 5.24. The van der Waals surface area contributed by atoms with E-state index in [1.54, 1.807) is 0 Å². The van der Waals surface area contributed by atoms with Crippen LogP contribution >= 0.6 is 0 Å². The monoisotopic (exact) mass is 585 g/mol. The third-order valence-corrected chi connectivity index (χ3v) is 8.04. The van der Waals surface area contributed by atoms with Crippen molar-refractivity contribution in [1.82, 2.24) is 0 Å². The van der Waals surface area contributed by atoms with E-state index < -0.39 is 6.10 Å². The van der Waals surface area contributed by atoms with E-state index >= 15 is 0 Å². The maximum absolute atomic E-state index is 12.6. The maximum atomic E-state index is 12.6. The number of rotatable bonds is 30. The van der Waals surface area contributed by atoms with Crippen molar-refractivity contribution in [2.24, 2.45) is 11.5 Å². The summed E-state index contributed by atoms with van der Waals surface area (Å²) in [5.74, 6) is 0.101. The predicted molar refractivity (Wildman–Crippen MR) is 171 cm³/mol. The normalized spacial score (nSPS) is 15.3. The quantitative estimate of drug-likeness (QED) is 0.0588. The van der Waals surface area contributed by atoms with E-state index in [-0.39, 0.29) is 30.3 Å². The number of esters is 1. The van der Waals surface area contributed by atoms with Gasteiger partial charge in [-0.25, -0.2) is 0 Å². The zero-order valence-electron chi connectivity index (χ0n) is 27.4. The molecule has 7 heteroatoms. The van der Waals surface area contributed by atoms with Gasteiger partial charge in [0.25, 0.3) is 0 Å². The molecule has 0 rings (SSSR count). The Morgan fingerprint density at radius 2 is 1.17 bits per heavy atom. The Morgan fingerprint density at radius 3 is 1.66 bits per heavy atom. The molecule has 0 aromatic carbocycles. The molecule has 7 nitrogen and oxygen atoms in total. The number of carbonyl (C=O) groups is 2. The number of carbonyl (C=O) groups excluding carboxylic acids is 2. The Kier molecular flexibility index (Phi) is 27.1. The molecule has 0 saturated heterocycles. The van der Waals surface area contributed by atoms with Crippen LogP contribution in [0.5, 0.6) is 0 Å². The fourth-order valence-electron chi connectivity index (χ4n) is 5.24. The molecule has 0 aromatic rings. The van der Waals surface area contributed by atoms with Gasteiger partial charge >= 0.3 is 5.97 Å². The van der Waals surface area contributed by atoms with Crippen LogP contribution in [0.25, 0.3) is 0 Å². The van der Waals surface area contributed by atoms with Crippen molar-refractivity contribution >= 4 is 11.8 Å². The van der Waals surface area contributed by atoms with Crippen LogP contribution in [0.1, 0.15) is 169 Å². The average molecular weight is 585 g/mol. The van der Waals surface area contributed by atoms with Gasteiger partial charge in [-0.05, 0) is 52.4 Å². The average Bonchev–Trinajstić information content (AvgIpc) is 2.91. The van der Waals surface area contributed by atoms with E-state index in [1.165, 1.54) is 58.3 Å². The van der Waals surface area contributed by atoms with Crippen LogP contribution in [0.15, 0.2) is 0 Å². The van der Waals surface area contributed by atoms with E-state index in [0.29, 0.717) is 18.6 Å². The largest absolute Gasteiger partial charge is 0.461 e. The molecule has 0 saturated carbocycles. The van der Waals surface area contributed by atoms with Gasteiger partial charge in [0.05, 0.1) is 12.2 Å². The summed E-state index contributed by atoms with van der Waals surface area (Å²) in [6, 6.07) is -0.273. The summed E-state index contributed by atoms with van der Waals surface area (Å²) in [6.45, 7) is 8.13.